The highest BCUT2D eigenvalue weighted by Crippen LogP contribution is 2.30. The van der Waals surface area contributed by atoms with Crippen molar-refractivity contribution in [3.63, 3.8) is 0 Å². The number of thioether (sulfide) groups is 1. The van der Waals surface area contributed by atoms with E-state index in [1.165, 1.54) is 5.56 Å². The number of hydrogen-bond donors (Lipinski definition) is 0. The van der Waals surface area contributed by atoms with Gasteiger partial charge in [-0.15, -0.1) is 11.8 Å². The highest BCUT2D eigenvalue weighted by atomic mass is 79.9. The molecule has 4 heteroatoms. The molecule has 2 rings (SSSR count). The number of hydrogen-bond acceptors (Lipinski definition) is 3. The molecule has 0 aliphatic carbocycles. The van der Waals surface area contributed by atoms with E-state index in [9.17, 15) is 4.79 Å². The lowest BCUT2D eigenvalue weighted by atomic mass is 10.2. The Kier molecular flexibility index (Phi) is 5.26. The SMILES string of the molecule is COc1ccc(Br)c(CSc2cccc(C(C)=O)c2)c1. The number of ketones is 1. The molecule has 0 amide bonds. The standard InChI is InChI=1S/C16H15BrO2S/c1-11(18)12-4-3-5-15(9-12)20-10-13-8-14(19-2)6-7-16(13)17/h3-9H,10H2,1-2H3. The molecule has 0 radical (unpaired) electrons. The van der Waals surface area contributed by atoms with Crippen LogP contribution in [0.25, 0.3) is 0 Å². The molecule has 0 spiro atoms. The van der Waals surface area contributed by atoms with Crippen LogP contribution in [0, 0.1) is 0 Å². The molecule has 0 aromatic heterocycles. The predicted molar refractivity (Wildman–Crippen MR) is 86.7 cm³/mol. The lowest BCUT2D eigenvalue weighted by Crippen LogP contribution is -1.91. The summed E-state index contributed by atoms with van der Waals surface area (Å²) in [6.07, 6.45) is 0. The van der Waals surface area contributed by atoms with Gasteiger partial charge in [-0.3, -0.25) is 4.79 Å². The Balaban J connectivity index is 2.12. The van der Waals surface area contributed by atoms with E-state index < -0.39 is 0 Å². The zero-order chi connectivity index (χ0) is 14.5. The van der Waals surface area contributed by atoms with Gasteiger partial charge in [-0.2, -0.15) is 0 Å². The number of halogens is 1. The number of carbonyl (C=O) groups excluding carboxylic acids is 1. The topological polar surface area (TPSA) is 26.3 Å². The molecule has 0 saturated carbocycles. The van der Waals surface area contributed by atoms with Crippen LogP contribution >= 0.6 is 27.7 Å². The summed E-state index contributed by atoms with van der Waals surface area (Å²) < 4.78 is 6.30. The van der Waals surface area contributed by atoms with Crippen molar-refractivity contribution in [3.05, 3.63) is 58.1 Å². The van der Waals surface area contributed by atoms with Gasteiger partial charge >= 0.3 is 0 Å². The van der Waals surface area contributed by atoms with Gasteiger partial charge in [0.25, 0.3) is 0 Å². The van der Waals surface area contributed by atoms with Gasteiger partial charge in [-0.05, 0) is 42.8 Å². The second-order valence-electron chi connectivity index (χ2n) is 4.33. The fourth-order valence-corrected chi connectivity index (χ4v) is 3.27. The van der Waals surface area contributed by atoms with Crippen LogP contribution in [-0.4, -0.2) is 12.9 Å². The molecule has 0 bridgehead atoms. The van der Waals surface area contributed by atoms with Crippen molar-refractivity contribution in [2.75, 3.05) is 7.11 Å². The van der Waals surface area contributed by atoms with Crippen molar-refractivity contribution in [2.45, 2.75) is 17.6 Å². The molecular weight excluding hydrogens is 336 g/mol. The summed E-state index contributed by atoms with van der Waals surface area (Å²) in [6.45, 7) is 1.59. The van der Waals surface area contributed by atoms with Gasteiger partial charge in [-0.1, -0.05) is 28.1 Å². The largest absolute Gasteiger partial charge is 0.497 e. The van der Waals surface area contributed by atoms with E-state index in [2.05, 4.69) is 15.9 Å². The van der Waals surface area contributed by atoms with Crippen molar-refractivity contribution in [1.29, 1.82) is 0 Å². The van der Waals surface area contributed by atoms with Crippen molar-refractivity contribution in [3.8, 4) is 5.75 Å². The first-order valence-corrected chi connectivity index (χ1v) is 7.94. The number of methoxy groups -OCH3 is 1. The minimum atomic E-state index is 0.0926. The summed E-state index contributed by atoms with van der Waals surface area (Å²) in [7, 11) is 1.66. The summed E-state index contributed by atoms with van der Waals surface area (Å²) in [5, 5.41) is 0. The minimum Gasteiger partial charge on any atom is -0.497 e. The number of Topliss-reactive ketones (excluding diaryl/α,β-unsaturated/α-hetero) is 1. The normalized spacial score (nSPS) is 10.3. The first kappa shape index (κ1) is 15.1. The molecule has 20 heavy (non-hydrogen) atoms. The fraction of sp³-hybridized carbons (Fsp3) is 0.188. The predicted octanol–water partition coefficient (Wildman–Crippen LogP) is 4.95. The van der Waals surface area contributed by atoms with Gasteiger partial charge < -0.3 is 4.74 Å². The van der Waals surface area contributed by atoms with E-state index in [0.717, 1.165) is 26.4 Å². The fourth-order valence-electron chi connectivity index (χ4n) is 1.75. The third-order valence-corrected chi connectivity index (χ3v) is 4.70. The third-order valence-electron chi connectivity index (χ3n) is 2.89. The van der Waals surface area contributed by atoms with Gasteiger partial charge in [0, 0.05) is 20.7 Å². The highest BCUT2D eigenvalue weighted by molar-refractivity contribution is 9.10. The first-order chi connectivity index (χ1) is 9.60. The maximum absolute atomic E-state index is 11.4. The van der Waals surface area contributed by atoms with Crippen LogP contribution in [0.3, 0.4) is 0 Å². The van der Waals surface area contributed by atoms with Crippen molar-refractivity contribution in [1.82, 2.24) is 0 Å². The van der Waals surface area contributed by atoms with E-state index in [-0.39, 0.29) is 5.78 Å². The second kappa shape index (κ2) is 6.95. The molecule has 0 saturated heterocycles. The van der Waals surface area contributed by atoms with Crippen LogP contribution in [0.2, 0.25) is 0 Å². The van der Waals surface area contributed by atoms with E-state index in [0.29, 0.717) is 0 Å². The van der Waals surface area contributed by atoms with E-state index in [1.807, 2.05) is 42.5 Å². The molecule has 0 atom stereocenters. The summed E-state index contributed by atoms with van der Waals surface area (Å²) >= 11 is 5.25. The highest BCUT2D eigenvalue weighted by Gasteiger charge is 2.05. The Morgan fingerprint density at radius 1 is 1.25 bits per heavy atom. The van der Waals surface area contributed by atoms with Gasteiger partial charge in [0.05, 0.1) is 7.11 Å². The van der Waals surface area contributed by atoms with Crippen molar-refractivity contribution < 1.29 is 9.53 Å². The zero-order valence-corrected chi connectivity index (χ0v) is 13.8. The monoisotopic (exact) mass is 350 g/mol. The van der Waals surface area contributed by atoms with Crippen LogP contribution in [-0.2, 0) is 5.75 Å². The summed E-state index contributed by atoms with van der Waals surface area (Å²) in [5.41, 5.74) is 1.92. The van der Waals surface area contributed by atoms with Crippen LogP contribution in [0.4, 0.5) is 0 Å². The Morgan fingerprint density at radius 3 is 2.75 bits per heavy atom. The molecule has 0 heterocycles. The lowest BCUT2D eigenvalue weighted by molar-refractivity contribution is 0.101. The van der Waals surface area contributed by atoms with Gasteiger partial charge in [-0.25, -0.2) is 0 Å². The van der Waals surface area contributed by atoms with Gasteiger partial charge in [0.2, 0.25) is 0 Å². The second-order valence-corrected chi connectivity index (χ2v) is 6.23. The first-order valence-electron chi connectivity index (χ1n) is 6.16. The summed E-state index contributed by atoms with van der Waals surface area (Å²) in [4.78, 5) is 12.5. The lowest BCUT2D eigenvalue weighted by Gasteiger charge is -2.08. The smallest absolute Gasteiger partial charge is 0.159 e. The molecule has 2 aromatic carbocycles. The average molecular weight is 351 g/mol. The van der Waals surface area contributed by atoms with E-state index in [4.69, 9.17) is 4.74 Å². The number of carbonyl (C=O) groups is 1. The summed E-state index contributed by atoms with van der Waals surface area (Å²) in [6, 6.07) is 13.6. The van der Waals surface area contributed by atoms with E-state index >= 15 is 0 Å². The Morgan fingerprint density at radius 2 is 2.05 bits per heavy atom. The van der Waals surface area contributed by atoms with Crippen LogP contribution in [0.15, 0.2) is 51.8 Å². The number of benzene rings is 2. The minimum absolute atomic E-state index is 0.0926. The molecular formula is C16H15BrO2S. The maximum atomic E-state index is 11.4. The molecule has 0 fully saturated rings. The molecule has 0 aliphatic heterocycles. The van der Waals surface area contributed by atoms with Crippen LogP contribution < -0.4 is 4.74 Å². The molecule has 0 unspecified atom stereocenters. The quantitative estimate of drug-likeness (QED) is 0.563. The Hall–Kier alpha value is -1.26. The Labute approximate surface area is 131 Å². The van der Waals surface area contributed by atoms with Crippen molar-refractivity contribution in [2.24, 2.45) is 0 Å². The number of rotatable bonds is 5. The Bertz CT molecular complexity index is 626. The molecule has 2 aromatic rings. The molecule has 104 valence electrons. The van der Waals surface area contributed by atoms with E-state index in [1.54, 1.807) is 25.8 Å². The zero-order valence-electron chi connectivity index (χ0n) is 11.4. The van der Waals surface area contributed by atoms with Crippen LogP contribution in [0.5, 0.6) is 5.75 Å². The molecule has 0 aliphatic rings. The molecule has 0 N–H and O–H groups in total. The molecule has 2 nitrogen and oxygen atoms in total. The van der Waals surface area contributed by atoms with Gasteiger partial charge in [0.1, 0.15) is 5.75 Å². The summed E-state index contributed by atoms with van der Waals surface area (Å²) in [5.74, 6) is 1.76. The van der Waals surface area contributed by atoms with Gasteiger partial charge in [0.15, 0.2) is 5.78 Å². The van der Waals surface area contributed by atoms with Crippen molar-refractivity contribution >= 4 is 33.5 Å². The van der Waals surface area contributed by atoms with Crippen LogP contribution in [0.1, 0.15) is 22.8 Å². The number of ether oxygens (including phenoxy) is 1. The average Bonchev–Trinajstić information content (AvgIpc) is 2.46. The maximum Gasteiger partial charge on any atom is 0.159 e. The third kappa shape index (κ3) is 3.87.